The molecule has 0 aliphatic heterocycles. The van der Waals surface area contributed by atoms with Crippen LogP contribution in [0.25, 0.3) is 0 Å². The second-order valence-corrected chi connectivity index (χ2v) is 5.16. The fourth-order valence-corrected chi connectivity index (χ4v) is 2.10. The van der Waals surface area contributed by atoms with E-state index in [1.54, 1.807) is 25.4 Å². The number of anilines is 1. The second kappa shape index (κ2) is 6.40. The van der Waals surface area contributed by atoms with E-state index in [-0.39, 0.29) is 11.5 Å². The smallest absolute Gasteiger partial charge is 0.251 e. The summed E-state index contributed by atoms with van der Waals surface area (Å²) in [7, 11) is 0. The number of H-pyrrole nitrogens is 1. The number of rotatable bonds is 5. The van der Waals surface area contributed by atoms with Crippen LogP contribution in [0.3, 0.4) is 0 Å². The van der Waals surface area contributed by atoms with Gasteiger partial charge in [-0.1, -0.05) is 0 Å². The molecule has 2 aromatic rings. The molecule has 0 aliphatic carbocycles. The molecule has 0 aliphatic rings. The minimum atomic E-state index is -0.426. The number of nitrogens with zero attached hydrogens (tertiary/aromatic N) is 2. The van der Waals surface area contributed by atoms with Crippen LogP contribution in [-0.4, -0.2) is 26.9 Å². The average molecular weight is 293 g/mol. The Balaban J connectivity index is 1.89. The number of aryl methyl sites for hydroxylation is 1. The normalized spacial score (nSPS) is 12.1. The number of thiazole rings is 1. The van der Waals surface area contributed by atoms with Crippen LogP contribution in [-0.2, 0) is 11.3 Å². The molecule has 2 heterocycles. The summed E-state index contributed by atoms with van der Waals surface area (Å²) >= 11 is 1.36. The number of hydrogen-bond acceptors (Lipinski definition) is 6. The van der Waals surface area contributed by atoms with Crippen LogP contribution in [0, 0.1) is 6.92 Å². The molecule has 2 aromatic heterocycles. The van der Waals surface area contributed by atoms with E-state index in [0.29, 0.717) is 23.2 Å². The summed E-state index contributed by atoms with van der Waals surface area (Å²) in [6.07, 6.45) is 1.62. The molecule has 0 fully saturated rings. The molecule has 1 atom stereocenters. The molecular weight excluding hydrogens is 278 g/mol. The van der Waals surface area contributed by atoms with Gasteiger partial charge in [0.2, 0.25) is 5.91 Å². The van der Waals surface area contributed by atoms with Crippen LogP contribution < -0.4 is 16.2 Å². The van der Waals surface area contributed by atoms with Crippen LogP contribution in [0.4, 0.5) is 5.13 Å². The van der Waals surface area contributed by atoms with Gasteiger partial charge in [-0.15, -0.1) is 11.3 Å². The maximum atomic E-state index is 11.9. The largest absolute Gasteiger partial charge is 0.309 e. The van der Waals surface area contributed by atoms with Gasteiger partial charge in [-0.05, 0) is 13.8 Å². The van der Waals surface area contributed by atoms with Crippen molar-refractivity contribution in [3.05, 3.63) is 39.5 Å². The molecular formula is C12H15N5O2S. The minimum Gasteiger partial charge on any atom is -0.309 e. The molecule has 1 amide bonds. The molecule has 106 valence electrons. The molecule has 0 aromatic carbocycles. The summed E-state index contributed by atoms with van der Waals surface area (Å²) in [6.45, 7) is 3.79. The van der Waals surface area contributed by atoms with Crippen LogP contribution in [0.1, 0.15) is 18.4 Å². The molecule has 3 N–H and O–H groups in total. The second-order valence-electron chi connectivity index (χ2n) is 4.26. The first-order valence-corrected chi connectivity index (χ1v) is 6.93. The Labute approximate surface area is 119 Å². The Morgan fingerprint density at radius 2 is 2.35 bits per heavy atom. The van der Waals surface area contributed by atoms with Crippen molar-refractivity contribution in [2.45, 2.75) is 26.4 Å². The molecule has 0 radical (unpaired) electrons. The molecule has 0 saturated heterocycles. The predicted octanol–water partition coefficient (Wildman–Crippen LogP) is 0.652. The zero-order valence-electron chi connectivity index (χ0n) is 11.1. The number of carbonyl (C=O) groups excluding carboxylic acids is 1. The Hall–Kier alpha value is -2.06. The Bertz CT molecular complexity index is 638. The molecule has 0 bridgehead atoms. The third-order valence-corrected chi connectivity index (χ3v) is 3.24. The zero-order valence-corrected chi connectivity index (χ0v) is 12.0. The lowest BCUT2D eigenvalue weighted by Gasteiger charge is -2.12. The first-order chi connectivity index (χ1) is 9.54. The molecule has 0 spiro atoms. The summed E-state index contributed by atoms with van der Waals surface area (Å²) in [5.41, 5.74) is 0.444. The molecule has 20 heavy (non-hydrogen) atoms. The van der Waals surface area contributed by atoms with Gasteiger partial charge in [0, 0.05) is 23.3 Å². The number of carbonyl (C=O) groups is 1. The predicted molar refractivity (Wildman–Crippen MR) is 76.6 cm³/mol. The standard InChI is InChI=1S/C12H15N5O2S/c1-7-5-10(18)16-9(15-7)6-14-8(2)11(19)17-12-13-3-4-20-12/h3-5,8,14H,6H2,1-2H3,(H,13,17,19)(H,15,16,18)/t8-/m1/s1. The lowest BCUT2D eigenvalue weighted by Crippen LogP contribution is -2.38. The monoisotopic (exact) mass is 293 g/mol. The fourth-order valence-electron chi connectivity index (χ4n) is 1.57. The van der Waals surface area contributed by atoms with E-state index in [1.165, 1.54) is 17.4 Å². The molecule has 8 heteroatoms. The Morgan fingerprint density at radius 1 is 1.55 bits per heavy atom. The van der Waals surface area contributed by atoms with E-state index in [0.717, 1.165) is 0 Å². The van der Waals surface area contributed by atoms with E-state index in [9.17, 15) is 9.59 Å². The van der Waals surface area contributed by atoms with E-state index in [2.05, 4.69) is 25.6 Å². The van der Waals surface area contributed by atoms with Crippen molar-refractivity contribution >= 4 is 22.4 Å². The van der Waals surface area contributed by atoms with Crippen molar-refractivity contribution in [3.8, 4) is 0 Å². The molecule has 0 unspecified atom stereocenters. The summed E-state index contributed by atoms with van der Waals surface area (Å²) < 4.78 is 0. The van der Waals surface area contributed by atoms with Crippen molar-refractivity contribution in [3.63, 3.8) is 0 Å². The SMILES string of the molecule is Cc1cc(=O)[nH]c(CN[C@H](C)C(=O)Nc2nccs2)n1. The quantitative estimate of drug-likeness (QED) is 0.751. The van der Waals surface area contributed by atoms with Gasteiger partial charge in [0.25, 0.3) is 5.56 Å². The Morgan fingerprint density at radius 3 is 3.00 bits per heavy atom. The van der Waals surface area contributed by atoms with Crippen LogP contribution >= 0.6 is 11.3 Å². The van der Waals surface area contributed by atoms with E-state index < -0.39 is 6.04 Å². The average Bonchev–Trinajstić information content (AvgIpc) is 2.87. The first kappa shape index (κ1) is 14.4. The van der Waals surface area contributed by atoms with Gasteiger partial charge < -0.3 is 10.3 Å². The third-order valence-electron chi connectivity index (χ3n) is 2.55. The Kier molecular flexibility index (Phi) is 4.59. The van der Waals surface area contributed by atoms with Gasteiger partial charge in [0.15, 0.2) is 5.13 Å². The van der Waals surface area contributed by atoms with Crippen molar-refractivity contribution < 1.29 is 4.79 Å². The van der Waals surface area contributed by atoms with Gasteiger partial charge in [-0.3, -0.25) is 14.9 Å². The van der Waals surface area contributed by atoms with Crippen molar-refractivity contribution in [1.29, 1.82) is 0 Å². The number of nitrogens with one attached hydrogen (secondary N) is 3. The summed E-state index contributed by atoms with van der Waals surface area (Å²) in [4.78, 5) is 33.9. The lowest BCUT2D eigenvalue weighted by molar-refractivity contribution is -0.117. The fraction of sp³-hybridized carbons (Fsp3) is 0.333. The van der Waals surface area contributed by atoms with E-state index >= 15 is 0 Å². The summed E-state index contributed by atoms with van der Waals surface area (Å²) in [5.74, 6) is 0.318. The highest BCUT2D eigenvalue weighted by Gasteiger charge is 2.13. The van der Waals surface area contributed by atoms with Gasteiger partial charge in [0.1, 0.15) is 5.82 Å². The highest BCUT2D eigenvalue weighted by atomic mass is 32.1. The van der Waals surface area contributed by atoms with Gasteiger partial charge >= 0.3 is 0 Å². The maximum Gasteiger partial charge on any atom is 0.251 e. The van der Waals surface area contributed by atoms with Crippen LogP contribution in [0.5, 0.6) is 0 Å². The molecule has 2 rings (SSSR count). The number of hydrogen-bond donors (Lipinski definition) is 3. The summed E-state index contributed by atoms with van der Waals surface area (Å²) in [5, 5.41) is 8.04. The number of aromatic amines is 1. The van der Waals surface area contributed by atoms with Gasteiger partial charge in [-0.25, -0.2) is 9.97 Å². The first-order valence-electron chi connectivity index (χ1n) is 6.05. The van der Waals surface area contributed by atoms with E-state index in [1.807, 2.05) is 0 Å². The van der Waals surface area contributed by atoms with Crippen LogP contribution in [0.2, 0.25) is 0 Å². The maximum absolute atomic E-state index is 11.9. The molecule has 0 saturated carbocycles. The van der Waals surface area contributed by atoms with Gasteiger partial charge in [0.05, 0.1) is 12.6 Å². The number of aromatic nitrogens is 3. The summed E-state index contributed by atoms with van der Waals surface area (Å²) in [6, 6.07) is 0.993. The van der Waals surface area contributed by atoms with Crippen molar-refractivity contribution in [1.82, 2.24) is 20.3 Å². The van der Waals surface area contributed by atoms with Gasteiger partial charge in [-0.2, -0.15) is 0 Å². The highest BCUT2D eigenvalue weighted by Crippen LogP contribution is 2.10. The zero-order chi connectivity index (χ0) is 14.5. The highest BCUT2D eigenvalue weighted by molar-refractivity contribution is 7.13. The lowest BCUT2D eigenvalue weighted by atomic mass is 10.3. The van der Waals surface area contributed by atoms with Crippen LogP contribution in [0.15, 0.2) is 22.4 Å². The van der Waals surface area contributed by atoms with Crippen molar-refractivity contribution in [2.75, 3.05) is 5.32 Å². The van der Waals surface area contributed by atoms with E-state index in [4.69, 9.17) is 0 Å². The van der Waals surface area contributed by atoms with Crippen molar-refractivity contribution in [2.24, 2.45) is 0 Å². The topological polar surface area (TPSA) is 99.8 Å². The third kappa shape index (κ3) is 3.97. The minimum absolute atomic E-state index is 0.185. The number of amides is 1. The molecule has 7 nitrogen and oxygen atoms in total.